The maximum atomic E-state index is 12.3. The van der Waals surface area contributed by atoms with Gasteiger partial charge in [-0.3, -0.25) is 19.2 Å². The van der Waals surface area contributed by atoms with E-state index in [2.05, 4.69) is 41.5 Å². The minimum absolute atomic E-state index is 0.211. The second-order valence-electron chi connectivity index (χ2n) is 11.4. The average molecular weight is 611 g/mol. The topological polar surface area (TPSA) is 133 Å². The first-order chi connectivity index (χ1) is 19.6. The van der Waals surface area contributed by atoms with Gasteiger partial charge in [0.2, 0.25) is 14.6 Å². The summed E-state index contributed by atoms with van der Waals surface area (Å²) in [6.45, 7) is 17.2. The number of benzene rings is 1. The highest BCUT2D eigenvalue weighted by molar-refractivity contribution is 6.77. The Balaban J connectivity index is 2.67. The van der Waals surface area contributed by atoms with Crippen LogP contribution >= 0.6 is 0 Å². The van der Waals surface area contributed by atoms with Crippen molar-refractivity contribution in [1.29, 1.82) is 0 Å². The Bertz CT molecular complexity index is 1040. The summed E-state index contributed by atoms with van der Waals surface area (Å²) in [4.78, 5) is 48.3. The van der Waals surface area contributed by atoms with Crippen molar-refractivity contribution in [3.63, 3.8) is 0 Å². The van der Waals surface area contributed by atoms with Crippen molar-refractivity contribution < 1.29 is 52.0 Å². The smallest absolute Gasteiger partial charge is 0.303 e. The minimum atomic E-state index is -2.55. The molecule has 1 aliphatic rings. The summed E-state index contributed by atoms with van der Waals surface area (Å²) < 4.78 is 41.6. The molecule has 1 heterocycles. The molecule has 236 valence electrons. The third-order valence-corrected chi connectivity index (χ3v) is 13.3. The number of carbonyl (C=O) groups excluding carboxylic acids is 4. The molecule has 2 unspecified atom stereocenters. The molecular weight excluding hydrogens is 564 g/mol. The van der Waals surface area contributed by atoms with E-state index >= 15 is 0 Å². The molecule has 0 aliphatic carbocycles. The van der Waals surface area contributed by atoms with Crippen LogP contribution in [0.5, 0.6) is 0 Å². The molecule has 6 atom stereocenters. The number of carbonyl (C=O) groups is 4. The number of hydrogen-bond donors (Lipinski definition) is 0. The van der Waals surface area contributed by atoms with Gasteiger partial charge in [-0.25, -0.2) is 0 Å². The van der Waals surface area contributed by atoms with Crippen LogP contribution in [0.1, 0.15) is 81.1 Å². The first kappa shape index (κ1) is 35.4. The first-order valence-corrected chi connectivity index (χ1v) is 16.4. The fraction of sp³-hybridized carbons (Fsp3) is 0.667. The lowest BCUT2D eigenvalue weighted by atomic mass is 9.98. The zero-order valence-electron chi connectivity index (χ0n) is 26.3. The summed E-state index contributed by atoms with van der Waals surface area (Å²) in [5, 5.41) is 0. The van der Waals surface area contributed by atoms with E-state index in [1.54, 1.807) is 0 Å². The van der Waals surface area contributed by atoms with Gasteiger partial charge in [-0.1, -0.05) is 71.9 Å². The Morgan fingerprint density at radius 1 is 0.714 bits per heavy atom. The molecule has 1 aromatic rings. The third kappa shape index (κ3) is 9.10. The number of ether oxygens (including phenoxy) is 6. The van der Waals surface area contributed by atoms with E-state index in [0.717, 1.165) is 0 Å². The van der Waals surface area contributed by atoms with Gasteiger partial charge >= 0.3 is 23.9 Å². The molecule has 0 aromatic heterocycles. The lowest BCUT2D eigenvalue weighted by Gasteiger charge is -2.47. The van der Waals surface area contributed by atoms with Crippen LogP contribution in [0.15, 0.2) is 30.3 Å². The van der Waals surface area contributed by atoms with Gasteiger partial charge in [-0.2, -0.15) is 0 Å². The molecule has 1 aliphatic heterocycles. The minimum Gasteiger partial charge on any atom is -0.463 e. The Hall–Kier alpha value is -2.80. The molecule has 0 spiro atoms. The summed E-state index contributed by atoms with van der Waals surface area (Å²) in [5.41, 5.74) is 1.33. The fourth-order valence-electron chi connectivity index (χ4n) is 5.80. The van der Waals surface area contributed by atoms with E-state index in [1.807, 2.05) is 30.3 Å². The van der Waals surface area contributed by atoms with E-state index < -0.39 is 69.2 Å². The molecule has 0 amide bonds. The molecule has 0 radical (unpaired) electrons. The zero-order chi connectivity index (χ0) is 31.8. The van der Waals surface area contributed by atoms with Crippen molar-refractivity contribution in [3.8, 4) is 0 Å². The van der Waals surface area contributed by atoms with Crippen LogP contribution in [-0.2, 0) is 52.0 Å². The zero-order valence-corrected chi connectivity index (χ0v) is 27.3. The largest absolute Gasteiger partial charge is 0.463 e. The van der Waals surface area contributed by atoms with Crippen LogP contribution < -0.4 is 0 Å². The maximum absolute atomic E-state index is 12.3. The van der Waals surface area contributed by atoms with Crippen LogP contribution in [0.25, 0.3) is 0 Å². The number of esters is 4. The predicted molar refractivity (Wildman–Crippen MR) is 154 cm³/mol. The van der Waals surface area contributed by atoms with E-state index in [-0.39, 0.29) is 23.2 Å². The van der Waals surface area contributed by atoms with Gasteiger partial charge < -0.3 is 32.8 Å². The van der Waals surface area contributed by atoms with Crippen LogP contribution in [-0.4, -0.2) is 69.5 Å². The summed E-state index contributed by atoms with van der Waals surface area (Å²) in [6.07, 6.45) is -7.43. The first-order valence-electron chi connectivity index (χ1n) is 14.3. The maximum Gasteiger partial charge on any atom is 0.303 e. The van der Waals surface area contributed by atoms with Gasteiger partial charge in [0.05, 0.1) is 0 Å². The molecule has 1 saturated heterocycles. The second kappa shape index (κ2) is 15.6. The molecule has 0 N–H and O–H groups in total. The van der Waals surface area contributed by atoms with E-state index in [1.165, 1.54) is 27.7 Å². The van der Waals surface area contributed by atoms with Gasteiger partial charge in [-0.05, 0) is 16.6 Å². The Morgan fingerprint density at radius 2 is 1.19 bits per heavy atom. The van der Waals surface area contributed by atoms with Crippen molar-refractivity contribution in [2.45, 2.75) is 123 Å². The average Bonchev–Trinajstić information content (AvgIpc) is 2.87. The van der Waals surface area contributed by atoms with E-state index in [4.69, 9.17) is 32.8 Å². The summed E-state index contributed by atoms with van der Waals surface area (Å²) in [7, 11) is -2.55. The molecule has 12 heteroatoms. The van der Waals surface area contributed by atoms with Crippen molar-refractivity contribution >= 4 is 32.2 Å². The fourth-order valence-corrected chi connectivity index (χ4v) is 11.2. The van der Waals surface area contributed by atoms with E-state index in [9.17, 15) is 19.2 Å². The van der Waals surface area contributed by atoms with Crippen molar-refractivity contribution in [2.75, 3.05) is 6.61 Å². The second-order valence-corrected chi connectivity index (χ2v) is 16.8. The lowest BCUT2D eigenvalue weighted by molar-refractivity contribution is -0.335. The van der Waals surface area contributed by atoms with Crippen LogP contribution in [0.4, 0.5) is 0 Å². The highest BCUT2D eigenvalue weighted by Gasteiger charge is 2.54. The van der Waals surface area contributed by atoms with Gasteiger partial charge in [-0.15, -0.1) is 0 Å². The Kier molecular flexibility index (Phi) is 13.1. The molecule has 42 heavy (non-hydrogen) atoms. The van der Waals surface area contributed by atoms with Gasteiger partial charge in [0.1, 0.15) is 12.7 Å². The Labute approximate surface area is 249 Å². The van der Waals surface area contributed by atoms with Gasteiger partial charge in [0.25, 0.3) is 0 Å². The summed E-state index contributed by atoms with van der Waals surface area (Å²) >= 11 is 0. The highest BCUT2D eigenvalue weighted by atomic mass is 28.4. The van der Waals surface area contributed by atoms with Gasteiger partial charge in [0.15, 0.2) is 24.6 Å². The van der Waals surface area contributed by atoms with Crippen LogP contribution in [0.2, 0.25) is 16.6 Å². The van der Waals surface area contributed by atoms with Crippen molar-refractivity contribution in [2.24, 2.45) is 0 Å². The predicted octanol–water partition coefficient (Wildman–Crippen LogP) is 4.98. The summed E-state index contributed by atoms with van der Waals surface area (Å²) in [6, 6.07) is 9.29. The Morgan fingerprint density at radius 3 is 1.64 bits per heavy atom. The quantitative estimate of drug-likeness (QED) is 0.130. The van der Waals surface area contributed by atoms with Gasteiger partial charge in [0, 0.05) is 33.3 Å². The van der Waals surface area contributed by atoms with Crippen LogP contribution in [0, 0.1) is 0 Å². The monoisotopic (exact) mass is 610 g/mol. The lowest BCUT2D eigenvalue weighted by Crippen LogP contribution is -2.63. The number of hydrogen-bond acceptors (Lipinski definition) is 11. The molecule has 1 aromatic carbocycles. The van der Waals surface area contributed by atoms with Crippen molar-refractivity contribution in [3.05, 3.63) is 35.9 Å². The number of rotatable bonds is 13. The molecule has 0 saturated carbocycles. The van der Waals surface area contributed by atoms with Crippen molar-refractivity contribution in [1.82, 2.24) is 0 Å². The third-order valence-electron chi connectivity index (χ3n) is 7.30. The molecule has 11 nitrogen and oxygen atoms in total. The molecule has 0 bridgehead atoms. The summed E-state index contributed by atoms with van der Waals surface area (Å²) in [5.74, 6) is -2.73. The van der Waals surface area contributed by atoms with E-state index in [0.29, 0.717) is 5.56 Å². The normalized spacial score (nSPS) is 23.4. The standard InChI is InChI=1S/C30H46O11Si/c1-17(2)42(18(3)4,19(5)6)41-29(24-14-12-11-13-15-24)40-30-28(38-23(10)34)27(37-22(9)33)26(36-21(8)32)25(39-30)16-35-20(7)31/h11-15,17-19,25-30H,16H2,1-10H3/t25-,26+,27+,28-,29?,30?/m1/s1. The molecule has 2 rings (SSSR count). The SMILES string of the molecule is CC(=O)OC[C@H]1OC(OC(O[Si](C(C)C)(C(C)C)C(C)C)c2ccccc2)[C@H](OC(C)=O)[C@@H](OC(C)=O)[C@H]1OC(C)=O. The molecular formula is C30H46O11Si. The van der Waals surface area contributed by atoms with Crippen LogP contribution in [0.3, 0.4) is 0 Å². The molecule has 1 fully saturated rings. The highest BCUT2D eigenvalue weighted by Crippen LogP contribution is 2.46.